The highest BCUT2D eigenvalue weighted by Crippen LogP contribution is 2.18. The van der Waals surface area contributed by atoms with E-state index >= 15 is 0 Å². The van der Waals surface area contributed by atoms with E-state index < -0.39 is 0 Å². The lowest BCUT2D eigenvalue weighted by Gasteiger charge is -2.09. The second-order valence-corrected chi connectivity index (χ2v) is 4.41. The van der Waals surface area contributed by atoms with Crippen LogP contribution < -0.4 is 10.5 Å². The maximum Gasteiger partial charge on any atom is 0.122 e. The molecule has 0 aliphatic heterocycles. The van der Waals surface area contributed by atoms with Gasteiger partial charge >= 0.3 is 0 Å². The minimum Gasteiger partial charge on any atom is -0.493 e. The SMILES string of the molecule is Cc1cc(C#CCN)ccc1OCCc1ccccn1. The van der Waals surface area contributed by atoms with E-state index in [1.807, 2.05) is 43.3 Å². The quantitative estimate of drug-likeness (QED) is 0.864. The van der Waals surface area contributed by atoms with E-state index in [1.165, 1.54) is 0 Å². The molecule has 0 spiro atoms. The van der Waals surface area contributed by atoms with Crippen LogP contribution in [0.1, 0.15) is 16.8 Å². The zero-order valence-corrected chi connectivity index (χ0v) is 11.6. The van der Waals surface area contributed by atoms with Gasteiger partial charge in [0.15, 0.2) is 0 Å². The van der Waals surface area contributed by atoms with Crippen LogP contribution in [0.5, 0.6) is 5.75 Å². The summed E-state index contributed by atoms with van der Waals surface area (Å²) in [6.45, 7) is 3.01. The van der Waals surface area contributed by atoms with Crippen LogP contribution >= 0.6 is 0 Å². The fourth-order valence-electron chi connectivity index (χ4n) is 1.85. The molecule has 0 radical (unpaired) electrons. The number of pyridine rings is 1. The number of ether oxygens (including phenoxy) is 1. The summed E-state index contributed by atoms with van der Waals surface area (Å²) in [7, 11) is 0. The summed E-state index contributed by atoms with van der Waals surface area (Å²) in [4.78, 5) is 4.27. The number of nitrogens with zero attached hydrogens (tertiary/aromatic N) is 1. The number of rotatable bonds is 4. The monoisotopic (exact) mass is 266 g/mol. The Hall–Kier alpha value is -2.31. The molecule has 1 aromatic heterocycles. The molecule has 102 valence electrons. The van der Waals surface area contributed by atoms with Gasteiger partial charge in [0, 0.05) is 23.9 Å². The van der Waals surface area contributed by atoms with Crippen molar-refractivity contribution >= 4 is 0 Å². The molecule has 20 heavy (non-hydrogen) atoms. The Morgan fingerprint density at radius 3 is 2.85 bits per heavy atom. The largest absolute Gasteiger partial charge is 0.493 e. The van der Waals surface area contributed by atoms with Crippen molar-refractivity contribution in [3.05, 3.63) is 59.4 Å². The van der Waals surface area contributed by atoms with Crippen molar-refractivity contribution in [2.45, 2.75) is 13.3 Å². The molecule has 0 unspecified atom stereocenters. The highest BCUT2D eigenvalue weighted by Gasteiger charge is 2.01. The third-order valence-electron chi connectivity index (χ3n) is 2.85. The molecule has 3 nitrogen and oxygen atoms in total. The lowest BCUT2D eigenvalue weighted by atomic mass is 10.1. The molecule has 1 aromatic carbocycles. The van der Waals surface area contributed by atoms with Gasteiger partial charge in [-0.1, -0.05) is 17.9 Å². The van der Waals surface area contributed by atoms with E-state index in [1.54, 1.807) is 6.20 Å². The van der Waals surface area contributed by atoms with Crippen LogP contribution in [0.2, 0.25) is 0 Å². The summed E-state index contributed by atoms with van der Waals surface area (Å²) in [6, 6.07) is 11.8. The van der Waals surface area contributed by atoms with E-state index in [9.17, 15) is 0 Å². The molecule has 0 saturated heterocycles. The van der Waals surface area contributed by atoms with Gasteiger partial charge in [0.1, 0.15) is 5.75 Å². The number of aryl methyl sites for hydroxylation is 1. The molecule has 3 heteroatoms. The van der Waals surface area contributed by atoms with Crippen LogP contribution in [-0.4, -0.2) is 18.1 Å². The van der Waals surface area contributed by atoms with Crippen LogP contribution in [0.4, 0.5) is 0 Å². The predicted molar refractivity (Wildman–Crippen MR) is 80.5 cm³/mol. The van der Waals surface area contributed by atoms with Gasteiger partial charge in [-0.25, -0.2) is 0 Å². The molecule has 1 heterocycles. The Balaban J connectivity index is 1.93. The number of hydrogen-bond acceptors (Lipinski definition) is 3. The van der Waals surface area contributed by atoms with Gasteiger partial charge in [-0.15, -0.1) is 0 Å². The van der Waals surface area contributed by atoms with Gasteiger partial charge in [-0.05, 0) is 42.8 Å². The van der Waals surface area contributed by atoms with Gasteiger partial charge in [-0.3, -0.25) is 4.98 Å². The molecule has 0 aliphatic rings. The second kappa shape index (κ2) is 7.32. The fourth-order valence-corrected chi connectivity index (χ4v) is 1.85. The van der Waals surface area contributed by atoms with Crippen LogP contribution in [0.3, 0.4) is 0 Å². The number of aromatic nitrogens is 1. The normalized spacial score (nSPS) is 9.70. The van der Waals surface area contributed by atoms with E-state index in [2.05, 4.69) is 16.8 Å². The summed E-state index contributed by atoms with van der Waals surface area (Å²) in [5.74, 6) is 6.75. The fraction of sp³-hybridized carbons (Fsp3) is 0.235. The molecule has 0 bridgehead atoms. The Morgan fingerprint density at radius 1 is 1.25 bits per heavy atom. The van der Waals surface area contributed by atoms with Gasteiger partial charge < -0.3 is 10.5 Å². The zero-order valence-electron chi connectivity index (χ0n) is 11.6. The van der Waals surface area contributed by atoms with Crippen molar-refractivity contribution in [2.75, 3.05) is 13.2 Å². The Morgan fingerprint density at radius 2 is 2.15 bits per heavy atom. The minimum atomic E-state index is 0.376. The summed E-state index contributed by atoms with van der Waals surface area (Å²) < 4.78 is 5.79. The second-order valence-electron chi connectivity index (χ2n) is 4.41. The molecule has 2 aromatic rings. The van der Waals surface area contributed by atoms with E-state index in [0.29, 0.717) is 13.2 Å². The molecule has 0 amide bonds. The highest BCUT2D eigenvalue weighted by molar-refractivity contribution is 5.43. The standard InChI is InChI=1S/C17H18N2O/c1-14-13-15(5-4-10-18)7-8-17(14)20-12-9-16-6-2-3-11-19-16/h2-3,6-8,11,13H,9-10,12,18H2,1H3. The van der Waals surface area contributed by atoms with Crippen molar-refractivity contribution in [3.63, 3.8) is 0 Å². The zero-order chi connectivity index (χ0) is 14.2. The third-order valence-corrected chi connectivity index (χ3v) is 2.85. The summed E-state index contributed by atoms with van der Waals surface area (Å²) >= 11 is 0. The van der Waals surface area contributed by atoms with Crippen molar-refractivity contribution in [3.8, 4) is 17.6 Å². The first kappa shape index (κ1) is 14.1. The van der Waals surface area contributed by atoms with Crippen LogP contribution in [0.15, 0.2) is 42.6 Å². The number of nitrogens with two attached hydrogens (primary N) is 1. The van der Waals surface area contributed by atoms with E-state index in [0.717, 1.165) is 29.0 Å². The number of hydrogen-bond donors (Lipinski definition) is 1. The summed E-state index contributed by atoms with van der Waals surface area (Å²) in [6.07, 6.45) is 2.60. The average Bonchev–Trinajstić information content (AvgIpc) is 2.48. The van der Waals surface area contributed by atoms with Gasteiger partial charge in [0.05, 0.1) is 13.2 Å². The molecule has 0 atom stereocenters. The molecular formula is C17H18N2O. The van der Waals surface area contributed by atoms with Gasteiger partial charge in [0.25, 0.3) is 0 Å². The summed E-state index contributed by atoms with van der Waals surface area (Å²) in [5.41, 5.74) is 8.44. The Labute approximate surface area is 119 Å². The Kier molecular flexibility index (Phi) is 5.16. The van der Waals surface area contributed by atoms with E-state index in [4.69, 9.17) is 10.5 Å². The van der Waals surface area contributed by atoms with Crippen molar-refractivity contribution in [2.24, 2.45) is 5.73 Å². The lowest BCUT2D eigenvalue weighted by Crippen LogP contribution is -2.03. The van der Waals surface area contributed by atoms with Crippen LogP contribution in [0.25, 0.3) is 0 Å². The molecule has 0 aliphatic carbocycles. The average molecular weight is 266 g/mol. The molecule has 0 fully saturated rings. The number of benzene rings is 1. The molecular weight excluding hydrogens is 248 g/mol. The van der Waals surface area contributed by atoms with Gasteiger partial charge in [0.2, 0.25) is 0 Å². The first-order chi connectivity index (χ1) is 9.79. The lowest BCUT2D eigenvalue weighted by molar-refractivity contribution is 0.318. The third kappa shape index (κ3) is 4.11. The molecule has 2 N–H and O–H groups in total. The predicted octanol–water partition coefficient (Wildman–Crippen LogP) is 2.32. The van der Waals surface area contributed by atoms with Crippen molar-refractivity contribution in [1.82, 2.24) is 4.98 Å². The first-order valence-corrected chi connectivity index (χ1v) is 6.62. The van der Waals surface area contributed by atoms with E-state index in [-0.39, 0.29) is 0 Å². The topological polar surface area (TPSA) is 48.1 Å². The smallest absolute Gasteiger partial charge is 0.122 e. The molecule has 2 rings (SSSR count). The first-order valence-electron chi connectivity index (χ1n) is 6.62. The summed E-state index contributed by atoms with van der Waals surface area (Å²) in [5, 5.41) is 0. The Bertz CT molecular complexity index is 612. The van der Waals surface area contributed by atoms with Gasteiger partial charge in [-0.2, -0.15) is 0 Å². The maximum atomic E-state index is 5.79. The van der Waals surface area contributed by atoms with Crippen molar-refractivity contribution in [1.29, 1.82) is 0 Å². The van der Waals surface area contributed by atoms with Crippen LogP contribution in [0, 0.1) is 18.8 Å². The van der Waals surface area contributed by atoms with Crippen molar-refractivity contribution < 1.29 is 4.74 Å². The van der Waals surface area contributed by atoms with Crippen LogP contribution in [-0.2, 0) is 6.42 Å². The minimum absolute atomic E-state index is 0.376. The molecule has 0 saturated carbocycles. The highest BCUT2D eigenvalue weighted by atomic mass is 16.5. The maximum absolute atomic E-state index is 5.79.